The van der Waals surface area contributed by atoms with Crippen molar-refractivity contribution in [3.05, 3.63) is 65.5 Å². The van der Waals surface area contributed by atoms with Crippen LogP contribution in [0.1, 0.15) is 22.8 Å². The third kappa shape index (κ3) is 2.94. The maximum absolute atomic E-state index is 13.6. The van der Waals surface area contributed by atoms with Crippen molar-refractivity contribution >= 4 is 11.5 Å². The van der Waals surface area contributed by atoms with Crippen LogP contribution in [0.4, 0.5) is 10.1 Å². The molecule has 0 amide bonds. The first kappa shape index (κ1) is 12.3. The molecule has 0 radical (unpaired) electrons. The second-order valence-electron chi connectivity index (χ2n) is 4.09. The largest absolute Gasteiger partial charge is 0.379 e. The number of anilines is 1. The van der Waals surface area contributed by atoms with Crippen LogP contribution in [0, 0.1) is 5.82 Å². The predicted molar refractivity (Wildman–Crippen MR) is 70.2 cm³/mol. The molecule has 2 aromatic rings. The predicted octanol–water partition coefficient (Wildman–Crippen LogP) is 3.64. The highest BCUT2D eigenvalue weighted by atomic mass is 19.1. The summed E-state index contributed by atoms with van der Waals surface area (Å²) in [6.45, 7) is 1.99. The van der Waals surface area contributed by atoms with Gasteiger partial charge in [0.2, 0.25) is 0 Å². The number of hydrogen-bond donors (Lipinski definition) is 1. The topological polar surface area (TPSA) is 29.1 Å². The van der Waals surface area contributed by atoms with E-state index >= 15 is 0 Å². The van der Waals surface area contributed by atoms with E-state index in [1.807, 2.05) is 30.3 Å². The minimum atomic E-state index is -0.351. The van der Waals surface area contributed by atoms with Gasteiger partial charge in [-0.3, -0.25) is 4.79 Å². The molecule has 0 heterocycles. The summed E-state index contributed by atoms with van der Waals surface area (Å²) in [5.41, 5.74) is 1.92. The first-order valence-electron chi connectivity index (χ1n) is 5.75. The molecular weight excluding hydrogens is 229 g/mol. The first-order chi connectivity index (χ1) is 8.66. The van der Waals surface area contributed by atoms with Gasteiger partial charge in [-0.05, 0) is 30.7 Å². The van der Waals surface area contributed by atoms with Crippen LogP contribution in [0.25, 0.3) is 0 Å². The van der Waals surface area contributed by atoms with E-state index in [-0.39, 0.29) is 11.6 Å². The van der Waals surface area contributed by atoms with Crippen LogP contribution >= 0.6 is 0 Å². The Bertz CT molecular complexity index is 552. The Labute approximate surface area is 105 Å². The van der Waals surface area contributed by atoms with Crippen LogP contribution in [0.5, 0.6) is 0 Å². The summed E-state index contributed by atoms with van der Waals surface area (Å²) < 4.78 is 13.6. The van der Waals surface area contributed by atoms with Crippen molar-refractivity contribution in [2.24, 2.45) is 0 Å². The van der Waals surface area contributed by atoms with Gasteiger partial charge in [-0.1, -0.05) is 30.3 Å². The third-order valence-electron chi connectivity index (χ3n) is 2.70. The fourth-order valence-electron chi connectivity index (χ4n) is 1.67. The molecule has 2 nitrogen and oxygen atoms in total. The van der Waals surface area contributed by atoms with E-state index in [0.29, 0.717) is 17.8 Å². The molecule has 0 aliphatic carbocycles. The number of carbonyl (C=O) groups excluding carboxylic acids is 1. The van der Waals surface area contributed by atoms with Crippen molar-refractivity contribution in [3.63, 3.8) is 0 Å². The molecule has 0 fully saturated rings. The zero-order valence-corrected chi connectivity index (χ0v) is 10.1. The van der Waals surface area contributed by atoms with E-state index in [1.54, 1.807) is 6.07 Å². The van der Waals surface area contributed by atoms with Crippen molar-refractivity contribution in [3.8, 4) is 0 Å². The molecule has 0 atom stereocenters. The molecule has 0 unspecified atom stereocenters. The second kappa shape index (κ2) is 5.45. The molecule has 3 heteroatoms. The van der Waals surface area contributed by atoms with Crippen LogP contribution in [-0.4, -0.2) is 5.78 Å². The van der Waals surface area contributed by atoms with Crippen molar-refractivity contribution in [2.45, 2.75) is 13.5 Å². The van der Waals surface area contributed by atoms with E-state index in [4.69, 9.17) is 0 Å². The highest BCUT2D eigenvalue weighted by molar-refractivity contribution is 5.94. The summed E-state index contributed by atoms with van der Waals surface area (Å²) in [7, 11) is 0. The average molecular weight is 243 g/mol. The molecule has 18 heavy (non-hydrogen) atoms. The van der Waals surface area contributed by atoms with E-state index in [9.17, 15) is 9.18 Å². The average Bonchev–Trinajstić information content (AvgIpc) is 2.38. The van der Waals surface area contributed by atoms with Crippen LogP contribution in [-0.2, 0) is 6.54 Å². The molecule has 0 aliphatic rings. The number of hydrogen-bond acceptors (Lipinski definition) is 2. The van der Waals surface area contributed by atoms with Crippen LogP contribution in [0.3, 0.4) is 0 Å². The normalized spacial score (nSPS) is 10.1. The number of benzene rings is 2. The van der Waals surface area contributed by atoms with E-state index in [1.165, 1.54) is 19.1 Å². The van der Waals surface area contributed by atoms with Gasteiger partial charge in [0.05, 0.1) is 5.69 Å². The summed E-state index contributed by atoms with van der Waals surface area (Å²) in [4.78, 5) is 11.2. The van der Waals surface area contributed by atoms with E-state index in [2.05, 4.69) is 5.32 Å². The van der Waals surface area contributed by atoms with Crippen LogP contribution in [0.15, 0.2) is 48.5 Å². The molecular formula is C15H14FNO. The Morgan fingerprint density at radius 1 is 1.17 bits per heavy atom. The van der Waals surface area contributed by atoms with Crippen molar-refractivity contribution in [1.29, 1.82) is 0 Å². The summed E-state index contributed by atoms with van der Waals surface area (Å²) >= 11 is 0. The molecule has 2 rings (SSSR count). The fourth-order valence-corrected chi connectivity index (χ4v) is 1.67. The smallest absolute Gasteiger partial charge is 0.159 e. The van der Waals surface area contributed by atoms with E-state index in [0.717, 1.165) is 5.56 Å². The fraction of sp³-hybridized carbons (Fsp3) is 0.133. The molecule has 1 N–H and O–H groups in total. The summed E-state index contributed by atoms with van der Waals surface area (Å²) in [5.74, 6) is -0.423. The SMILES string of the molecule is CC(=O)c1ccc(F)c(NCc2ccccc2)c1. The summed E-state index contributed by atoms with van der Waals surface area (Å²) in [6.07, 6.45) is 0. The van der Waals surface area contributed by atoms with Crippen molar-refractivity contribution in [2.75, 3.05) is 5.32 Å². The lowest BCUT2D eigenvalue weighted by Crippen LogP contribution is -2.03. The zero-order chi connectivity index (χ0) is 13.0. The summed E-state index contributed by atoms with van der Waals surface area (Å²) in [5, 5.41) is 3.00. The Morgan fingerprint density at radius 2 is 1.89 bits per heavy atom. The molecule has 0 saturated heterocycles. The van der Waals surface area contributed by atoms with Gasteiger partial charge in [0.1, 0.15) is 5.82 Å². The van der Waals surface area contributed by atoms with E-state index < -0.39 is 0 Å². The van der Waals surface area contributed by atoms with Crippen LogP contribution in [0.2, 0.25) is 0 Å². The van der Waals surface area contributed by atoms with Gasteiger partial charge in [0.25, 0.3) is 0 Å². The Hall–Kier alpha value is -2.16. The Kier molecular flexibility index (Phi) is 3.72. The lowest BCUT2D eigenvalue weighted by atomic mass is 10.1. The minimum Gasteiger partial charge on any atom is -0.379 e. The molecule has 92 valence electrons. The number of halogens is 1. The Morgan fingerprint density at radius 3 is 2.56 bits per heavy atom. The van der Waals surface area contributed by atoms with Gasteiger partial charge in [-0.15, -0.1) is 0 Å². The molecule has 0 saturated carbocycles. The van der Waals surface area contributed by atoms with Crippen molar-refractivity contribution < 1.29 is 9.18 Å². The molecule has 0 bridgehead atoms. The molecule has 0 spiro atoms. The van der Waals surface area contributed by atoms with Gasteiger partial charge in [-0.2, -0.15) is 0 Å². The van der Waals surface area contributed by atoms with Gasteiger partial charge in [-0.25, -0.2) is 4.39 Å². The van der Waals surface area contributed by atoms with Crippen LogP contribution < -0.4 is 5.32 Å². The monoisotopic (exact) mass is 243 g/mol. The summed E-state index contributed by atoms with van der Waals surface area (Å²) in [6, 6.07) is 14.1. The molecule has 2 aromatic carbocycles. The van der Waals surface area contributed by atoms with Crippen molar-refractivity contribution in [1.82, 2.24) is 0 Å². The number of ketones is 1. The third-order valence-corrected chi connectivity index (χ3v) is 2.70. The number of nitrogens with one attached hydrogen (secondary N) is 1. The highest BCUT2D eigenvalue weighted by Crippen LogP contribution is 2.17. The first-order valence-corrected chi connectivity index (χ1v) is 5.75. The van der Waals surface area contributed by atoms with Gasteiger partial charge < -0.3 is 5.32 Å². The molecule has 0 aliphatic heterocycles. The zero-order valence-electron chi connectivity index (χ0n) is 10.1. The number of Topliss-reactive ketones (excluding diaryl/α,β-unsaturated/α-hetero) is 1. The lowest BCUT2D eigenvalue weighted by molar-refractivity contribution is 0.101. The van der Waals surface area contributed by atoms with Gasteiger partial charge in [0.15, 0.2) is 5.78 Å². The minimum absolute atomic E-state index is 0.0715. The number of carbonyl (C=O) groups is 1. The standard InChI is InChI=1S/C15H14FNO/c1-11(18)13-7-8-14(16)15(9-13)17-10-12-5-3-2-4-6-12/h2-9,17H,10H2,1H3. The maximum Gasteiger partial charge on any atom is 0.159 e. The maximum atomic E-state index is 13.6. The number of rotatable bonds is 4. The molecule has 0 aromatic heterocycles. The van der Waals surface area contributed by atoms with Gasteiger partial charge >= 0.3 is 0 Å². The van der Waals surface area contributed by atoms with Gasteiger partial charge in [0, 0.05) is 12.1 Å². The highest BCUT2D eigenvalue weighted by Gasteiger charge is 2.06. The second-order valence-corrected chi connectivity index (χ2v) is 4.09. The lowest BCUT2D eigenvalue weighted by Gasteiger charge is -2.08. The Balaban J connectivity index is 2.14. The quantitative estimate of drug-likeness (QED) is 0.830.